The number of ether oxygens (including phenoxy) is 1. The van der Waals surface area contributed by atoms with E-state index in [1.165, 1.54) is 12.8 Å². The molecule has 20 heavy (non-hydrogen) atoms. The summed E-state index contributed by atoms with van der Waals surface area (Å²) in [4.78, 5) is 16.2. The van der Waals surface area contributed by atoms with Gasteiger partial charge in [0.25, 0.3) is 0 Å². The maximum absolute atomic E-state index is 11.7. The van der Waals surface area contributed by atoms with Crippen molar-refractivity contribution >= 4 is 5.78 Å². The van der Waals surface area contributed by atoms with Gasteiger partial charge in [-0.25, -0.2) is 0 Å². The Bertz CT molecular complexity index is 448. The molecule has 0 radical (unpaired) electrons. The Hall–Kier alpha value is -1.23. The van der Waals surface area contributed by atoms with Gasteiger partial charge in [-0.2, -0.15) is 4.98 Å². The maximum Gasteiger partial charge on any atom is 0.237 e. The molecule has 1 unspecified atom stereocenters. The molecule has 1 fully saturated rings. The van der Waals surface area contributed by atoms with Gasteiger partial charge >= 0.3 is 0 Å². The molecule has 1 heterocycles. The Morgan fingerprint density at radius 3 is 2.55 bits per heavy atom. The first-order chi connectivity index (χ1) is 9.63. The van der Waals surface area contributed by atoms with Crippen LogP contribution in [0.1, 0.15) is 76.4 Å². The zero-order chi connectivity index (χ0) is 14.6. The number of hydrogen-bond acceptors (Lipinski definition) is 5. The van der Waals surface area contributed by atoms with Crippen LogP contribution in [0.2, 0.25) is 0 Å². The first-order valence-electron chi connectivity index (χ1n) is 7.55. The fourth-order valence-electron chi connectivity index (χ4n) is 2.86. The van der Waals surface area contributed by atoms with Gasteiger partial charge in [0, 0.05) is 13.5 Å². The minimum Gasteiger partial charge on any atom is -0.370 e. The second-order valence-corrected chi connectivity index (χ2v) is 5.61. The van der Waals surface area contributed by atoms with E-state index in [4.69, 9.17) is 9.26 Å². The van der Waals surface area contributed by atoms with Crippen LogP contribution in [0.4, 0.5) is 0 Å². The summed E-state index contributed by atoms with van der Waals surface area (Å²) < 4.78 is 11.1. The highest BCUT2D eigenvalue weighted by molar-refractivity contribution is 5.83. The van der Waals surface area contributed by atoms with E-state index in [1.54, 1.807) is 7.11 Å². The van der Waals surface area contributed by atoms with Crippen LogP contribution < -0.4 is 0 Å². The van der Waals surface area contributed by atoms with E-state index >= 15 is 0 Å². The van der Waals surface area contributed by atoms with Gasteiger partial charge in [-0.15, -0.1) is 0 Å². The molecule has 5 nitrogen and oxygen atoms in total. The highest BCUT2D eigenvalue weighted by atomic mass is 16.5. The predicted molar refractivity (Wildman–Crippen MR) is 74.4 cm³/mol. The van der Waals surface area contributed by atoms with Crippen molar-refractivity contribution in [2.24, 2.45) is 0 Å². The fourth-order valence-corrected chi connectivity index (χ4v) is 2.86. The molecule has 0 N–H and O–H groups in total. The van der Waals surface area contributed by atoms with Gasteiger partial charge in [0.15, 0.2) is 0 Å². The average molecular weight is 280 g/mol. The lowest BCUT2D eigenvalue weighted by atomic mass is 9.93. The summed E-state index contributed by atoms with van der Waals surface area (Å²) in [5.41, 5.74) is -0.437. The van der Waals surface area contributed by atoms with E-state index in [9.17, 15) is 4.79 Å². The number of ketones is 1. The Balaban J connectivity index is 2.23. The Morgan fingerprint density at radius 2 is 2.00 bits per heavy atom. The van der Waals surface area contributed by atoms with E-state index in [0.717, 1.165) is 25.7 Å². The second kappa shape index (κ2) is 6.48. The fraction of sp³-hybridized carbons (Fsp3) is 0.800. The Kier molecular flexibility index (Phi) is 4.91. The van der Waals surface area contributed by atoms with Gasteiger partial charge in [-0.3, -0.25) is 4.79 Å². The van der Waals surface area contributed by atoms with Crippen LogP contribution in [-0.2, 0) is 15.1 Å². The number of aromatic nitrogens is 2. The lowest BCUT2D eigenvalue weighted by Gasteiger charge is -2.27. The third-order valence-electron chi connectivity index (χ3n) is 4.35. The normalized spacial score (nSPS) is 20.4. The van der Waals surface area contributed by atoms with Crippen LogP contribution in [0.15, 0.2) is 4.52 Å². The van der Waals surface area contributed by atoms with E-state index in [0.29, 0.717) is 18.1 Å². The van der Waals surface area contributed by atoms with Gasteiger partial charge in [0.2, 0.25) is 11.7 Å². The quantitative estimate of drug-likeness (QED) is 0.774. The molecule has 0 aromatic carbocycles. The lowest BCUT2D eigenvalue weighted by Crippen LogP contribution is -2.29. The molecular formula is C15H24N2O3. The topological polar surface area (TPSA) is 65.2 Å². The number of hydrogen-bond donors (Lipinski definition) is 0. The number of carbonyl (C=O) groups excluding carboxylic acids is 1. The predicted octanol–water partition coefficient (Wildman–Crippen LogP) is 3.35. The maximum atomic E-state index is 11.7. The molecule has 1 aromatic heterocycles. The zero-order valence-electron chi connectivity index (χ0n) is 12.6. The number of nitrogens with zero attached hydrogens (tertiary/aromatic N) is 2. The van der Waals surface area contributed by atoms with Crippen LogP contribution in [0.25, 0.3) is 0 Å². The van der Waals surface area contributed by atoms with Gasteiger partial charge < -0.3 is 9.26 Å². The van der Waals surface area contributed by atoms with E-state index in [2.05, 4.69) is 10.1 Å². The van der Waals surface area contributed by atoms with Gasteiger partial charge in [0.1, 0.15) is 11.4 Å². The molecule has 1 saturated carbocycles. The molecule has 112 valence electrons. The van der Waals surface area contributed by atoms with Crippen molar-refractivity contribution in [2.45, 2.75) is 70.3 Å². The van der Waals surface area contributed by atoms with Crippen molar-refractivity contribution in [1.82, 2.24) is 10.1 Å². The lowest BCUT2D eigenvalue weighted by molar-refractivity contribution is -0.120. The van der Waals surface area contributed by atoms with Crippen LogP contribution in [0.5, 0.6) is 0 Å². The van der Waals surface area contributed by atoms with Crippen LogP contribution in [-0.4, -0.2) is 23.0 Å². The summed E-state index contributed by atoms with van der Waals surface area (Å²) in [6.07, 6.45) is 6.98. The first-order valence-corrected chi connectivity index (χ1v) is 7.55. The van der Waals surface area contributed by atoms with Crippen LogP contribution in [0.3, 0.4) is 0 Å². The molecule has 1 atom stereocenters. The molecule has 0 aliphatic heterocycles. The van der Waals surface area contributed by atoms with Crippen molar-refractivity contribution in [1.29, 1.82) is 0 Å². The standard InChI is InChI=1S/C15H24N2O3/c1-4-12(18)11(2)13-16-14(17-20-13)15(19-3)9-7-5-6-8-10-15/h11H,4-10H2,1-3H3. The van der Waals surface area contributed by atoms with E-state index in [-0.39, 0.29) is 11.7 Å². The molecular weight excluding hydrogens is 256 g/mol. The summed E-state index contributed by atoms with van der Waals surface area (Å²) in [6.45, 7) is 3.66. The molecule has 1 aliphatic carbocycles. The molecule has 0 amide bonds. The van der Waals surface area contributed by atoms with Crippen molar-refractivity contribution in [2.75, 3.05) is 7.11 Å². The van der Waals surface area contributed by atoms with E-state index in [1.807, 2.05) is 13.8 Å². The molecule has 1 aliphatic rings. The molecule has 0 saturated heterocycles. The number of carbonyl (C=O) groups is 1. The number of Topliss-reactive ketones (excluding diaryl/α,β-unsaturated/α-hetero) is 1. The minimum atomic E-state index is -0.437. The summed E-state index contributed by atoms with van der Waals surface area (Å²) in [5.74, 6) is 0.800. The number of methoxy groups -OCH3 is 1. The molecule has 0 spiro atoms. The van der Waals surface area contributed by atoms with Gasteiger partial charge in [-0.05, 0) is 19.8 Å². The molecule has 5 heteroatoms. The average Bonchev–Trinajstić information content (AvgIpc) is 2.85. The summed E-state index contributed by atoms with van der Waals surface area (Å²) in [7, 11) is 1.71. The van der Waals surface area contributed by atoms with Gasteiger partial charge in [0.05, 0.1) is 5.92 Å². The zero-order valence-corrected chi connectivity index (χ0v) is 12.6. The Labute approximate surface area is 120 Å². The second-order valence-electron chi connectivity index (χ2n) is 5.61. The van der Waals surface area contributed by atoms with Crippen molar-refractivity contribution in [3.05, 3.63) is 11.7 Å². The third-order valence-corrected chi connectivity index (χ3v) is 4.35. The molecule has 0 bridgehead atoms. The smallest absolute Gasteiger partial charge is 0.237 e. The highest BCUT2D eigenvalue weighted by Crippen LogP contribution is 2.37. The van der Waals surface area contributed by atoms with Crippen LogP contribution in [0, 0.1) is 0 Å². The summed E-state index contributed by atoms with van der Waals surface area (Å²) in [5, 5.41) is 4.10. The van der Waals surface area contributed by atoms with Crippen LogP contribution >= 0.6 is 0 Å². The highest BCUT2D eigenvalue weighted by Gasteiger charge is 2.38. The summed E-state index contributed by atoms with van der Waals surface area (Å²) >= 11 is 0. The SMILES string of the molecule is CCC(=O)C(C)c1nc(C2(OC)CCCCCC2)no1. The summed E-state index contributed by atoms with van der Waals surface area (Å²) in [6, 6.07) is 0. The largest absolute Gasteiger partial charge is 0.370 e. The third kappa shape index (κ3) is 2.92. The van der Waals surface area contributed by atoms with Gasteiger partial charge in [-0.1, -0.05) is 37.8 Å². The van der Waals surface area contributed by atoms with E-state index < -0.39 is 5.60 Å². The monoisotopic (exact) mass is 280 g/mol. The molecule has 1 aromatic rings. The van der Waals surface area contributed by atoms with Crippen molar-refractivity contribution in [3.63, 3.8) is 0 Å². The Morgan fingerprint density at radius 1 is 1.35 bits per heavy atom. The first kappa shape index (κ1) is 15.2. The van der Waals surface area contributed by atoms with Crippen molar-refractivity contribution in [3.8, 4) is 0 Å². The van der Waals surface area contributed by atoms with Crippen molar-refractivity contribution < 1.29 is 14.1 Å². The molecule has 2 rings (SSSR count). The number of rotatable bonds is 5. The minimum absolute atomic E-state index is 0.118.